The number of nitrogens with one attached hydrogen (secondary N) is 1. The zero-order valence-electron chi connectivity index (χ0n) is 10.9. The Hall–Kier alpha value is -2.95. The zero-order valence-corrected chi connectivity index (χ0v) is 10.9. The monoisotopic (exact) mass is 282 g/mol. The molecule has 5 heteroatoms. The summed E-state index contributed by atoms with van der Waals surface area (Å²) in [5.41, 5.74) is -0.972. The minimum absolute atomic E-state index is 0.0993. The molecule has 0 saturated heterocycles. The predicted molar refractivity (Wildman–Crippen MR) is 78.1 cm³/mol. The Morgan fingerprint density at radius 1 is 0.857 bits per heavy atom. The molecule has 3 aromatic rings. The first-order valence-electron chi connectivity index (χ1n) is 6.34. The lowest BCUT2D eigenvalue weighted by Gasteiger charge is -2.08. The Balaban J connectivity index is 2.27. The largest absolute Gasteiger partial charge is 0.333 e. The summed E-state index contributed by atoms with van der Waals surface area (Å²) in [7, 11) is 0. The van der Waals surface area contributed by atoms with Crippen LogP contribution >= 0.6 is 0 Å². The lowest BCUT2D eigenvalue weighted by molar-refractivity contribution is 0.589. The van der Waals surface area contributed by atoms with Gasteiger partial charge in [-0.3, -0.25) is 4.79 Å². The highest BCUT2D eigenvalue weighted by molar-refractivity contribution is 5.59. The van der Waals surface area contributed by atoms with E-state index >= 15 is 0 Å². The molecule has 1 aromatic heterocycles. The molecule has 104 valence electrons. The van der Waals surface area contributed by atoms with Crippen LogP contribution in [-0.4, -0.2) is 9.55 Å². The lowest BCUT2D eigenvalue weighted by atomic mass is 10.1. The van der Waals surface area contributed by atoms with Crippen LogP contribution in [0.5, 0.6) is 0 Å². The maximum atomic E-state index is 14.3. The number of aromatic amines is 1. The molecular weight excluding hydrogens is 271 g/mol. The summed E-state index contributed by atoms with van der Waals surface area (Å²) < 4.78 is 15.1. The van der Waals surface area contributed by atoms with Gasteiger partial charge in [0.05, 0.1) is 11.4 Å². The highest BCUT2D eigenvalue weighted by Crippen LogP contribution is 2.16. The van der Waals surface area contributed by atoms with Crippen LogP contribution in [0.2, 0.25) is 0 Å². The topological polar surface area (TPSA) is 54.9 Å². The minimum Gasteiger partial charge on any atom is -0.304 e. The molecule has 3 rings (SSSR count). The summed E-state index contributed by atoms with van der Waals surface area (Å²) >= 11 is 0. The highest BCUT2D eigenvalue weighted by Gasteiger charge is 2.15. The molecule has 0 unspecified atom stereocenters. The summed E-state index contributed by atoms with van der Waals surface area (Å²) in [4.78, 5) is 26.7. The van der Waals surface area contributed by atoms with Crippen LogP contribution in [0.15, 0.2) is 70.3 Å². The molecule has 2 aromatic carbocycles. The molecule has 1 heterocycles. The first-order chi connectivity index (χ1) is 10.2. The fourth-order valence-corrected chi connectivity index (χ4v) is 2.13. The maximum absolute atomic E-state index is 14.3. The standard InChI is InChI=1S/C16H11FN2O2/c17-13-14(11-7-3-1-4-8-11)18-16(21)19(15(13)20)12-9-5-2-6-10-12/h1-10H,(H,18,21). The second-order valence-electron chi connectivity index (χ2n) is 4.46. The van der Waals surface area contributed by atoms with E-state index in [1.54, 1.807) is 60.7 Å². The summed E-state index contributed by atoms with van der Waals surface area (Å²) in [6.45, 7) is 0. The van der Waals surface area contributed by atoms with Crippen molar-refractivity contribution in [2.45, 2.75) is 0 Å². The van der Waals surface area contributed by atoms with Crippen molar-refractivity contribution in [3.63, 3.8) is 0 Å². The third-order valence-corrected chi connectivity index (χ3v) is 3.12. The summed E-state index contributed by atoms with van der Waals surface area (Å²) in [5, 5.41) is 0. The van der Waals surface area contributed by atoms with Gasteiger partial charge in [0.25, 0.3) is 5.56 Å². The van der Waals surface area contributed by atoms with Crippen molar-refractivity contribution < 1.29 is 4.39 Å². The molecule has 21 heavy (non-hydrogen) atoms. The number of aromatic nitrogens is 2. The van der Waals surface area contributed by atoms with Gasteiger partial charge >= 0.3 is 5.69 Å². The van der Waals surface area contributed by atoms with Gasteiger partial charge in [0, 0.05) is 5.56 Å². The number of halogens is 1. The number of hydrogen-bond acceptors (Lipinski definition) is 2. The zero-order chi connectivity index (χ0) is 14.8. The molecular formula is C16H11FN2O2. The third kappa shape index (κ3) is 2.29. The molecule has 0 aliphatic rings. The summed E-state index contributed by atoms with van der Waals surface area (Å²) in [5.74, 6) is -0.982. The average molecular weight is 282 g/mol. The second kappa shape index (κ2) is 5.20. The fourth-order valence-electron chi connectivity index (χ4n) is 2.13. The van der Waals surface area contributed by atoms with Crippen molar-refractivity contribution in [1.29, 1.82) is 0 Å². The summed E-state index contributed by atoms with van der Waals surface area (Å²) in [6, 6.07) is 16.7. The van der Waals surface area contributed by atoms with E-state index in [1.807, 2.05) is 0 Å². The molecule has 0 amide bonds. The van der Waals surface area contributed by atoms with Crippen LogP contribution < -0.4 is 11.2 Å². The van der Waals surface area contributed by atoms with Crippen LogP contribution in [-0.2, 0) is 0 Å². The Morgan fingerprint density at radius 3 is 2.05 bits per heavy atom. The van der Waals surface area contributed by atoms with Crippen molar-refractivity contribution in [3.05, 3.63) is 87.3 Å². The average Bonchev–Trinajstić information content (AvgIpc) is 2.53. The minimum atomic E-state index is -0.982. The normalized spacial score (nSPS) is 10.5. The van der Waals surface area contributed by atoms with E-state index in [0.717, 1.165) is 4.57 Å². The van der Waals surface area contributed by atoms with Gasteiger partial charge < -0.3 is 4.98 Å². The predicted octanol–water partition coefficient (Wildman–Crippen LogP) is 2.33. The van der Waals surface area contributed by atoms with Gasteiger partial charge in [-0.25, -0.2) is 9.36 Å². The van der Waals surface area contributed by atoms with Gasteiger partial charge in [-0.1, -0.05) is 48.5 Å². The van der Waals surface area contributed by atoms with E-state index in [2.05, 4.69) is 4.98 Å². The van der Waals surface area contributed by atoms with Crippen LogP contribution in [0.4, 0.5) is 4.39 Å². The van der Waals surface area contributed by atoms with Crippen molar-refractivity contribution in [2.24, 2.45) is 0 Å². The van der Waals surface area contributed by atoms with E-state index in [1.165, 1.54) is 0 Å². The van der Waals surface area contributed by atoms with Crippen molar-refractivity contribution in [2.75, 3.05) is 0 Å². The van der Waals surface area contributed by atoms with Crippen molar-refractivity contribution in [1.82, 2.24) is 9.55 Å². The van der Waals surface area contributed by atoms with Gasteiger partial charge in [0.1, 0.15) is 0 Å². The molecule has 4 nitrogen and oxygen atoms in total. The van der Waals surface area contributed by atoms with Crippen molar-refractivity contribution in [3.8, 4) is 16.9 Å². The van der Waals surface area contributed by atoms with E-state index in [4.69, 9.17) is 0 Å². The lowest BCUT2D eigenvalue weighted by Crippen LogP contribution is -2.36. The third-order valence-electron chi connectivity index (χ3n) is 3.12. The number of H-pyrrole nitrogens is 1. The van der Waals surface area contributed by atoms with E-state index in [0.29, 0.717) is 11.3 Å². The Morgan fingerprint density at radius 2 is 1.43 bits per heavy atom. The van der Waals surface area contributed by atoms with Crippen LogP contribution in [0.25, 0.3) is 16.9 Å². The van der Waals surface area contributed by atoms with E-state index in [9.17, 15) is 14.0 Å². The second-order valence-corrected chi connectivity index (χ2v) is 4.46. The molecule has 0 fully saturated rings. The number of para-hydroxylation sites is 1. The first kappa shape index (κ1) is 13.1. The fraction of sp³-hybridized carbons (Fsp3) is 0. The van der Waals surface area contributed by atoms with Crippen LogP contribution in [0.1, 0.15) is 0 Å². The molecule has 0 saturated carbocycles. The van der Waals surface area contributed by atoms with Gasteiger partial charge in [-0.15, -0.1) is 0 Å². The SMILES string of the molecule is O=c1[nH]c(-c2ccccc2)c(F)c(=O)n1-c1ccccc1. The van der Waals surface area contributed by atoms with Crippen LogP contribution in [0, 0.1) is 5.82 Å². The summed E-state index contributed by atoms with van der Waals surface area (Å²) in [6.07, 6.45) is 0. The van der Waals surface area contributed by atoms with Gasteiger partial charge in [0.15, 0.2) is 0 Å². The van der Waals surface area contributed by atoms with E-state index < -0.39 is 17.1 Å². The van der Waals surface area contributed by atoms with Gasteiger partial charge in [-0.05, 0) is 12.1 Å². The molecule has 0 radical (unpaired) electrons. The Kier molecular flexibility index (Phi) is 3.23. The van der Waals surface area contributed by atoms with Crippen LogP contribution in [0.3, 0.4) is 0 Å². The highest BCUT2D eigenvalue weighted by atomic mass is 19.1. The number of nitrogens with zero attached hydrogens (tertiary/aromatic N) is 1. The Labute approximate surface area is 119 Å². The first-order valence-corrected chi connectivity index (χ1v) is 6.34. The molecule has 0 aliphatic heterocycles. The number of hydrogen-bond donors (Lipinski definition) is 1. The Bertz CT molecular complexity index is 884. The molecule has 0 atom stereocenters. The maximum Gasteiger partial charge on any atom is 0.333 e. The van der Waals surface area contributed by atoms with E-state index in [-0.39, 0.29) is 5.69 Å². The van der Waals surface area contributed by atoms with Gasteiger partial charge in [0.2, 0.25) is 5.82 Å². The molecule has 0 bridgehead atoms. The molecule has 1 N–H and O–H groups in total. The number of rotatable bonds is 2. The van der Waals surface area contributed by atoms with Gasteiger partial charge in [-0.2, -0.15) is 4.39 Å². The molecule has 0 aliphatic carbocycles. The van der Waals surface area contributed by atoms with Crippen molar-refractivity contribution >= 4 is 0 Å². The smallest absolute Gasteiger partial charge is 0.304 e. The number of benzene rings is 2. The quantitative estimate of drug-likeness (QED) is 0.784. The molecule has 0 spiro atoms.